The molecule has 0 fully saturated rings. The Balaban J connectivity index is 1.69. The smallest absolute Gasteiger partial charge is 0.242 e. The van der Waals surface area contributed by atoms with Crippen molar-refractivity contribution < 1.29 is 13.2 Å². The predicted molar refractivity (Wildman–Crippen MR) is 107 cm³/mol. The second-order valence-electron chi connectivity index (χ2n) is 6.05. The van der Waals surface area contributed by atoms with Gasteiger partial charge < -0.3 is 5.32 Å². The minimum atomic E-state index is -3.55. The Bertz CT molecular complexity index is 1040. The molecule has 140 valence electrons. The maximum Gasteiger partial charge on any atom is 0.242 e. The van der Waals surface area contributed by atoms with Gasteiger partial charge in [-0.25, -0.2) is 17.7 Å². The summed E-state index contributed by atoms with van der Waals surface area (Å²) in [4.78, 5) is 16.9. The van der Waals surface area contributed by atoms with Gasteiger partial charge >= 0.3 is 0 Å². The number of aromatic nitrogens is 1. The third-order valence-electron chi connectivity index (χ3n) is 3.81. The molecule has 1 N–H and O–H groups in total. The monoisotopic (exact) mass is 401 g/mol. The van der Waals surface area contributed by atoms with Crippen molar-refractivity contribution in [2.75, 3.05) is 19.4 Å². The summed E-state index contributed by atoms with van der Waals surface area (Å²) >= 11 is 1.48. The van der Waals surface area contributed by atoms with Gasteiger partial charge in [0.15, 0.2) is 0 Å². The molecular weight excluding hydrogens is 382 g/mol. The SMILES string of the molecule is CN(C)S(=O)(=O)c1cccc(NC(=O)Cc2csc(-c3ccccc3)n2)c1. The quantitative estimate of drug-likeness (QED) is 0.688. The summed E-state index contributed by atoms with van der Waals surface area (Å²) in [5.74, 6) is -0.251. The van der Waals surface area contributed by atoms with Crippen molar-refractivity contribution in [3.05, 3.63) is 65.7 Å². The van der Waals surface area contributed by atoms with Crippen LogP contribution < -0.4 is 5.32 Å². The summed E-state index contributed by atoms with van der Waals surface area (Å²) in [5, 5.41) is 5.45. The van der Waals surface area contributed by atoms with E-state index in [1.807, 2.05) is 35.7 Å². The third kappa shape index (κ3) is 4.60. The largest absolute Gasteiger partial charge is 0.326 e. The average Bonchev–Trinajstić information content (AvgIpc) is 3.11. The van der Waals surface area contributed by atoms with Gasteiger partial charge in [0, 0.05) is 30.7 Å². The zero-order valence-electron chi connectivity index (χ0n) is 14.9. The van der Waals surface area contributed by atoms with Crippen LogP contribution in [0.5, 0.6) is 0 Å². The van der Waals surface area contributed by atoms with E-state index in [0.717, 1.165) is 14.9 Å². The van der Waals surface area contributed by atoms with E-state index in [0.29, 0.717) is 11.4 Å². The van der Waals surface area contributed by atoms with E-state index in [2.05, 4.69) is 10.3 Å². The van der Waals surface area contributed by atoms with Gasteiger partial charge in [0.1, 0.15) is 5.01 Å². The van der Waals surface area contributed by atoms with E-state index in [4.69, 9.17) is 0 Å². The number of rotatable bonds is 6. The van der Waals surface area contributed by atoms with Gasteiger partial charge in [-0.15, -0.1) is 11.3 Å². The number of benzene rings is 2. The summed E-state index contributed by atoms with van der Waals surface area (Å²) < 4.78 is 25.5. The molecule has 0 bridgehead atoms. The van der Waals surface area contributed by atoms with Crippen molar-refractivity contribution in [2.45, 2.75) is 11.3 Å². The molecule has 0 saturated heterocycles. The predicted octanol–water partition coefficient (Wildman–Crippen LogP) is 3.24. The highest BCUT2D eigenvalue weighted by atomic mass is 32.2. The van der Waals surface area contributed by atoms with Gasteiger partial charge in [-0.05, 0) is 18.2 Å². The van der Waals surface area contributed by atoms with Crippen LogP contribution >= 0.6 is 11.3 Å². The fourth-order valence-corrected chi connectivity index (χ4v) is 4.19. The third-order valence-corrected chi connectivity index (χ3v) is 6.56. The van der Waals surface area contributed by atoms with E-state index in [-0.39, 0.29) is 17.2 Å². The highest BCUT2D eigenvalue weighted by Gasteiger charge is 2.18. The molecule has 1 heterocycles. The van der Waals surface area contributed by atoms with Gasteiger partial charge in [0.25, 0.3) is 0 Å². The molecule has 0 atom stereocenters. The molecule has 0 aliphatic carbocycles. The Hall–Kier alpha value is -2.55. The maximum atomic E-state index is 12.3. The molecule has 27 heavy (non-hydrogen) atoms. The second-order valence-corrected chi connectivity index (χ2v) is 9.06. The maximum absolute atomic E-state index is 12.3. The molecule has 3 rings (SSSR count). The molecule has 3 aromatic rings. The molecular formula is C19H19N3O3S2. The van der Waals surface area contributed by atoms with Crippen molar-refractivity contribution in [2.24, 2.45) is 0 Å². The zero-order chi connectivity index (χ0) is 19.4. The summed E-state index contributed by atoms with van der Waals surface area (Å²) in [7, 11) is -0.619. The molecule has 6 nitrogen and oxygen atoms in total. The Morgan fingerprint density at radius 3 is 2.56 bits per heavy atom. The van der Waals surface area contributed by atoms with Gasteiger partial charge in [-0.3, -0.25) is 4.79 Å². The molecule has 1 amide bonds. The van der Waals surface area contributed by atoms with Crippen molar-refractivity contribution in [3.8, 4) is 10.6 Å². The fourth-order valence-electron chi connectivity index (χ4n) is 2.42. The molecule has 8 heteroatoms. The van der Waals surface area contributed by atoms with Gasteiger partial charge in [-0.2, -0.15) is 0 Å². The van der Waals surface area contributed by atoms with Crippen LogP contribution in [0.25, 0.3) is 10.6 Å². The van der Waals surface area contributed by atoms with Crippen molar-refractivity contribution in [3.63, 3.8) is 0 Å². The van der Waals surface area contributed by atoms with Gasteiger partial charge in [-0.1, -0.05) is 36.4 Å². The number of carbonyl (C=O) groups is 1. The van der Waals surface area contributed by atoms with Crippen LogP contribution in [-0.4, -0.2) is 37.7 Å². The Morgan fingerprint density at radius 2 is 1.85 bits per heavy atom. The van der Waals surface area contributed by atoms with Crippen LogP contribution in [0.2, 0.25) is 0 Å². The number of sulfonamides is 1. The van der Waals surface area contributed by atoms with Crippen molar-refractivity contribution >= 4 is 33.0 Å². The molecule has 0 aliphatic rings. The molecule has 2 aromatic carbocycles. The lowest BCUT2D eigenvalue weighted by atomic mass is 10.2. The van der Waals surface area contributed by atoms with Crippen molar-refractivity contribution in [1.29, 1.82) is 0 Å². The topological polar surface area (TPSA) is 79.4 Å². The number of hydrogen-bond acceptors (Lipinski definition) is 5. The lowest BCUT2D eigenvalue weighted by Gasteiger charge is -2.12. The number of nitrogens with one attached hydrogen (secondary N) is 1. The van der Waals surface area contributed by atoms with Crippen LogP contribution in [0.15, 0.2) is 64.9 Å². The standard InChI is InChI=1S/C19H19N3O3S2/c1-22(2)27(24,25)17-10-6-9-15(11-17)20-18(23)12-16-13-26-19(21-16)14-7-4-3-5-8-14/h3-11,13H,12H2,1-2H3,(H,20,23). The number of nitrogens with zero attached hydrogens (tertiary/aromatic N) is 2. The van der Waals surface area contributed by atoms with Crippen LogP contribution in [0.4, 0.5) is 5.69 Å². The Labute approximate surface area is 162 Å². The number of thiazole rings is 1. The number of carbonyl (C=O) groups excluding carboxylic acids is 1. The number of amides is 1. The first-order valence-electron chi connectivity index (χ1n) is 8.18. The lowest BCUT2D eigenvalue weighted by Crippen LogP contribution is -2.22. The fraction of sp³-hybridized carbons (Fsp3) is 0.158. The van der Waals surface area contributed by atoms with E-state index >= 15 is 0 Å². The van der Waals surface area contributed by atoms with E-state index < -0.39 is 10.0 Å². The first kappa shape index (κ1) is 19.2. The first-order valence-corrected chi connectivity index (χ1v) is 10.5. The minimum Gasteiger partial charge on any atom is -0.326 e. The van der Waals surface area contributed by atoms with E-state index in [1.165, 1.54) is 37.6 Å². The minimum absolute atomic E-state index is 0.119. The Kier molecular flexibility index (Phi) is 5.69. The zero-order valence-corrected chi connectivity index (χ0v) is 16.5. The lowest BCUT2D eigenvalue weighted by molar-refractivity contribution is -0.115. The molecule has 0 unspecified atom stereocenters. The first-order chi connectivity index (χ1) is 12.9. The molecule has 1 aromatic heterocycles. The normalized spacial score (nSPS) is 11.5. The summed E-state index contributed by atoms with van der Waals surface area (Å²) in [6.45, 7) is 0. The number of anilines is 1. The molecule has 0 radical (unpaired) electrons. The molecule has 0 spiro atoms. The van der Waals surface area contributed by atoms with Gasteiger partial charge in [0.05, 0.1) is 17.0 Å². The van der Waals surface area contributed by atoms with E-state index in [9.17, 15) is 13.2 Å². The van der Waals surface area contributed by atoms with Crippen molar-refractivity contribution in [1.82, 2.24) is 9.29 Å². The summed E-state index contributed by atoms with van der Waals surface area (Å²) in [6.07, 6.45) is 0.119. The summed E-state index contributed by atoms with van der Waals surface area (Å²) in [5.41, 5.74) is 2.12. The van der Waals surface area contributed by atoms with Crippen LogP contribution in [0, 0.1) is 0 Å². The highest BCUT2D eigenvalue weighted by molar-refractivity contribution is 7.89. The summed E-state index contributed by atoms with van der Waals surface area (Å²) in [6, 6.07) is 16.0. The highest BCUT2D eigenvalue weighted by Crippen LogP contribution is 2.24. The van der Waals surface area contributed by atoms with Crippen LogP contribution in [0.3, 0.4) is 0 Å². The molecule has 0 aliphatic heterocycles. The van der Waals surface area contributed by atoms with E-state index in [1.54, 1.807) is 12.1 Å². The number of hydrogen-bond donors (Lipinski definition) is 1. The average molecular weight is 402 g/mol. The van der Waals surface area contributed by atoms with Gasteiger partial charge in [0.2, 0.25) is 15.9 Å². The van der Waals surface area contributed by atoms with Crippen LogP contribution in [-0.2, 0) is 21.2 Å². The molecule has 0 saturated carbocycles. The van der Waals surface area contributed by atoms with Crippen LogP contribution in [0.1, 0.15) is 5.69 Å². The Morgan fingerprint density at radius 1 is 1.11 bits per heavy atom. The second kappa shape index (κ2) is 7.99.